The topological polar surface area (TPSA) is 87.1 Å². The molecule has 5 heteroatoms. The van der Waals surface area contributed by atoms with E-state index >= 15 is 0 Å². The average Bonchev–Trinajstić information content (AvgIpc) is 2.10. The van der Waals surface area contributed by atoms with Crippen LogP contribution in [0.15, 0.2) is 12.1 Å². The predicted molar refractivity (Wildman–Crippen MR) is 46.9 cm³/mol. The van der Waals surface area contributed by atoms with Crippen LogP contribution in [0.5, 0.6) is 0 Å². The maximum Gasteiger partial charge on any atom is 0.307 e. The highest BCUT2D eigenvalue weighted by atomic mass is 19.1. The maximum atomic E-state index is 12.9. The highest BCUT2D eigenvalue weighted by molar-refractivity contribution is 5.72. The van der Waals surface area contributed by atoms with Gasteiger partial charge in [-0.25, -0.2) is 4.39 Å². The van der Waals surface area contributed by atoms with Crippen molar-refractivity contribution >= 4 is 11.7 Å². The molecular formula is C9H7FN2O2. The van der Waals surface area contributed by atoms with Crippen LogP contribution in [-0.2, 0) is 11.2 Å². The Morgan fingerprint density at radius 2 is 2.29 bits per heavy atom. The molecule has 0 spiro atoms. The van der Waals surface area contributed by atoms with Crippen LogP contribution in [0.3, 0.4) is 0 Å². The highest BCUT2D eigenvalue weighted by Gasteiger charge is 2.10. The number of rotatable bonds is 2. The van der Waals surface area contributed by atoms with Crippen molar-refractivity contribution in [3.63, 3.8) is 0 Å². The Kier molecular flexibility index (Phi) is 2.67. The summed E-state index contributed by atoms with van der Waals surface area (Å²) in [5.74, 6) is -1.80. The minimum Gasteiger partial charge on any atom is -0.481 e. The quantitative estimate of drug-likeness (QED) is 0.685. The molecule has 0 bridgehead atoms. The third kappa shape index (κ3) is 1.98. The second kappa shape index (κ2) is 3.75. The van der Waals surface area contributed by atoms with Gasteiger partial charge >= 0.3 is 5.97 Å². The molecule has 14 heavy (non-hydrogen) atoms. The van der Waals surface area contributed by atoms with Crippen LogP contribution >= 0.6 is 0 Å². The Morgan fingerprint density at radius 3 is 2.79 bits per heavy atom. The summed E-state index contributed by atoms with van der Waals surface area (Å²) < 4.78 is 12.9. The lowest BCUT2D eigenvalue weighted by Gasteiger charge is -2.03. The molecule has 0 fully saturated rings. The fourth-order valence-corrected chi connectivity index (χ4v) is 1.05. The number of aliphatic carboxylic acids is 1. The summed E-state index contributed by atoms with van der Waals surface area (Å²) in [5.41, 5.74) is 5.31. The average molecular weight is 194 g/mol. The van der Waals surface area contributed by atoms with E-state index in [1.807, 2.05) is 0 Å². The summed E-state index contributed by atoms with van der Waals surface area (Å²) >= 11 is 0. The van der Waals surface area contributed by atoms with E-state index in [1.165, 1.54) is 6.07 Å². The monoisotopic (exact) mass is 194 g/mol. The Bertz CT molecular complexity index is 424. The number of halogens is 1. The van der Waals surface area contributed by atoms with Gasteiger partial charge in [0, 0.05) is 0 Å². The Labute approximate surface area is 79.4 Å². The second-order valence-electron chi connectivity index (χ2n) is 2.71. The zero-order valence-corrected chi connectivity index (χ0v) is 7.12. The van der Waals surface area contributed by atoms with E-state index < -0.39 is 11.8 Å². The van der Waals surface area contributed by atoms with Gasteiger partial charge in [-0.1, -0.05) is 0 Å². The van der Waals surface area contributed by atoms with Gasteiger partial charge in [-0.2, -0.15) is 5.26 Å². The number of nitrogens with two attached hydrogens (primary N) is 1. The van der Waals surface area contributed by atoms with Gasteiger partial charge in [-0.3, -0.25) is 4.79 Å². The van der Waals surface area contributed by atoms with Gasteiger partial charge in [-0.15, -0.1) is 0 Å². The Morgan fingerprint density at radius 1 is 1.64 bits per heavy atom. The lowest BCUT2D eigenvalue weighted by Crippen LogP contribution is -2.04. The van der Waals surface area contributed by atoms with Crippen molar-refractivity contribution in [3.05, 3.63) is 29.1 Å². The minimum absolute atomic E-state index is 0.000833. The first-order valence-electron chi connectivity index (χ1n) is 3.74. The standard InChI is InChI=1S/C9H7FN2O2/c10-7-1-6(4-11)5(2-8(7)12)3-9(13)14/h1-2H,3,12H2,(H,13,14). The molecule has 0 saturated carbocycles. The van der Waals surface area contributed by atoms with Gasteiger partial charge in [0.1, 0.15) is 5.82 Å². The summed E-state index contributed by atoms with van der Waals surface area (Å²) in [7, 11) is 0. The summed E-state index contributed by atoms with van der Waals surface area (Å²) in [6, 6.07) is 3.82. The highest BCUT2D eigenvalue weighted by Crippen LogP contribution is 2.17. The minimum atomic E-state index is -1.09. The van der Waals surface area contributed by atoms with E-state index in [2.05, 4.69) is 0 Å². The third-order valence-corrected chi connectivity index (χ3v) is 1.68. The molecule has 1 rings (SSSR count). The maximum absolute atomic E-state index is 12.9. The molecule has 0 heterocycles. The number of nitriles is 1. The summed E-state index contributed by atoms with van der Waals surface area (Å²) in [5, 5.41) is 17.1. The number of hydrogen-bond acceptors (Lipinski definition) is 3. The molecular weight excluding hydrogens is 187 g/mol. The smallest absolute Gasteiger partial charge is 0.307 e. The molecule has 72 valence electrons. The van der Waals surface area contributed by atoms with Crippen molar-refractivity contribution in [2.45, 2.75) is 6.42 Å². The largest absolute Gasteiger partial charge is 0.481 e. The first kappa shape index (κ1) is 9.99. The zero-order chi connectivity index (χ0) is 10.7. The van der Waals surface area contributed by atoms with Crippen molar-refractivity contribution < 1.29 is 14.3 Å². The number of hydrogen-bond donors (Lipinski definition) is 2. The predicted octanol–water partition coefficient (Wildman–Crippen LogP) is 0.907. The van der Waals surface area contributed by atoms with Gasteiger partial charge in [0.05, 0.1) is 23.7 Å². The van der Waals surface area contributed by atoms with E-state index in [4.69, 9.17) is 16.1 Å². The molecule has 0 aliphatic carbocycles. The van der Waals surface area contributed by atoms with Gasteiger partial charge < -0.3 is 10.8 Å². The molecule has 0 radical (unpaired) electrons. The second-order valence-corrected chi connectivity index (χ2v) is 2.71. The summed E-state index contributed by atoms with van der Waals surface area (Å²) in [6.45, 7) is 0. The van der Waals surface area contributed by atoms with Gasteiger partial charge in [-0.05, 0) is 17.7 Å². The number of carbonyl (C=O) groups is 1. The Balaban J connectivity index is 3.22. The number of nitrogen functional groups attached to an aromatic ring is 1. The summed E-state index contributed by atoms with van der Waals surface area (Å²) in [4.78, 5) is 10.4. The summed E-state index contributed by atoms with van der Waals surface area (Å²) in [6.07, 6.45) is -0.340. The van der Waals surface area contributed by atoms with Crippen LogP contribution in [0, 0.1) is 17.1 Å². The van der Waals surface area contributed by atoms with Crippen molar-refractivity contribution in [3.8, 4) is 6.07 Å². The van der Waals surface area contributed by atoms with E-state index in [0.717, 1.165) is 6.07 Å². The fourth-order valence-electron chi connectivity index (χ4n) is 1.05. The third-order valence-electron chi connectivity index (χ3n) is 1.68. The Hall–Kier alpha value is -2.09. The van der Waals surface area contributed by atoms with E-state index in [9.17, 15) is 9.18 Å². The molecule has 0 saturated heterocycles. The molecule has 0 aliphatic heterocycles. The van der Waals surface area contributed by atoms with Crippen molar-refractivity contribution in [1.29, 1.82) is 5.26 Å². The molecule has 4 nitrogen and oxygen atoms in total. The van der Waals surface area contributed by atoms with Crippen LogP contribution in [-0.4, -0.2) is 11.1 Å². The lowest BCUT2D eigenvalue weighted by atomic mass is 10.0. The molecule has 0 aromatic heterocycles. The molecule has 0 unspecified atom stereocenters. The van der Waals surface area contributed by atoms with Crippen molar-refractivity contribution in [2.24, 2.45) is 0 Å². The number of carboxylic acids is 1. The normalized spacial score (nSPS) is 9.43. The van der Waals surface area contributed by atoms with E-state index in [-0.39, 0.29) is 23.2 Å². The SMILES string of the molecule is N#Cc1cc(F)c(N)cc1CC(=O)O. The van der Waals surface area contributed by atoms with Crippen LogP contribution in [0.1, 0.15) is 11.1 Å². The van der Waals surface area contributed by atoms with Crippen molar-refractivity contribution in [2.75, 3.05) is 5.73 Å². The number of anilines is 1. The first-order chi connectivity index (χ1) is 6.54. The van der Waals surface area contributed by atoms with Gasteiger partial charge in [0.15, 0.2) is 0 Å². The van der Waals surface area contributed by atoms with Crippen LogP contribution in [0.2, 0.25) is 0 Å². The van der Waals surface area contributed by atoms with E-state index in [1.54, 1.807) is 6.07 Å². The number of nitrogens with zero attached hydrogens (tertiary/aromatic N) is 1. The van der Waals surface area contributed by atoms with Gasteiger partial charge in [0.25, 0.3) is 0 Å². The molecule has 0 amide bonds. The van der Waals surface area contributed by atoms with Crippen LogP contribution in [0.25, 0.3) is 0 Å². The first-order valence-corrected chi connectivity index (χ1v) is 3.74. The lowest BCUT2D eigenvalue weighted by molar-refractivity contribution is -0.136. The molecule has 3 N–H and O–H groups in total. The molecule has 1 aromatic rings. The van der Waals surface area contributed by atoms with Crippen LogP contribution in [0.4, 0.5) is 10.1 Å². The molecule has 0 atom stereocenters. The fraction of sp³-hybridized carbons (Fsp3) is 0.111. The van der Waals surface area contributed by atoms with Crippen molar-refractivity contribution in [1.82, 2.24) is 0 Å². The number of carboxylic acid groups (broad SMARTS) is 1. The van der Waals surface area contributed by atoms with Crippen LogP contribution < -0.4 is 5.73 Å². The van der Waals surface area contributed by atoms with E-state index in [0.29, 0.717) is 0 Å². The number of benzene rings is 1. The molecule has 0 aliphatic rings. The zero-order valence-electron chi connectivity index (χ0n) is 7.12. The molecule has 1 aromatic carbocycles. The van der Waals surface area contributed by atoms with Gasteiger partial charge in [0.2, 0.25) is 0 Å².